The molecule has 0 aromatic carbocycles. The lowest BCUT2D eigenvalue weighted by Crippen LogP contribution is -2.69. The van der Waals surface area contributed by atoms with E-state index in [1.807, 2.05) is 6.92 Å². The Hall–Kier alpha value is -1.33. The zero-order valence-electron chi connectivity index (χ0n) is 44.5. The first-order valence-electron chi connectivity index (χ1n) is 27.5. The van der Waals surface area contributed by atoms with Crippen molar-refractivity contribution in [2.24, 2.45) is 56.2 Å². The smallest absolute Gasteiger partial charge is 0.314 e. The fraction of sp³-hybridized carbons (Fsp3) is 0.981. The molecule has 5 aliphatic carbocycles. The second-order valence-electron chi connectivity index (χ2n) is 26.1. The Morgan fingerprint density at radius 3 is 1.87 bits per heavy atom. The third kappa shape index (κ3) is 9.58. The van der Waals surface area contributed by atoms with E-state index in [1.54, 1.807) is 0 Å². The minimum Gasteiger partial charge on any atom is -0.432 e. The number of ether oxygens (including phenoxy) is 8. The minimum atomic E-state index is -1.82. The molecular weight excluding hydrogens is 989 g/mol. The molecule has 4 aliphatic heterocycles. The topological polar surface area (TPSA) is 354 Å². The van der Waals surface area contributed by atoms with Gasteiger partial charge in [0.05, 0.1) is 44.1 Å². The highest BCUT2D eigenvalue weighted by molar-refractivity contribution is 5.78. The quantitative estimate of drug-likeness (QED) is 0.0843. The summed E-state index contributed by atoms with van der Waals surface area (Å²) < 4.78 is 47.7. The van der Waals surface area contributed by atoms with Crippen LogP contribution in [0, 0.1) is 56.2 Å². The third-order valence-corrected chi connectivity index (χ3v) is 21.7. The monoisotopic (exact) mass is 1080 g/mol. The molecular formula is C53H88O22. The van der Waals surface area contributed by atoms with Gasteiger partial charge in [0, 0.05) is 5.41 Å². The van der Waals surface area contributed by atoms with Crippen LogP contribution >= 0.6 is 0 Å². The SMILES string of the molecule is CC1OC(OC2C(OC3CCC4(C)C(CCC5(C)C4CCC4C6CC(C)(C)CCC6(C(=O)OC6OC(COC7OC(CO)C(O)C(O)C7O)C(O)C(O)C6O)CCC45C)C3(C)CO)OCC(O)C2O)C(O)C(O)C1O. The van der Waals surface area contributed by atoms with Crippen LogP contribution < -0.4 is 0 Å². The summed E-state index contributed by atoms with van der Waals surface area (Å²) in [5, 5.41) is 139. The van der Waals surface area contributed by atoms with Crippen molar-refractivity contribution in [1.82, 2.24) is 0 Å². The lowest BCUT2D eigenvalue weighted by atomic mass is 9.31. The maximum atomic E-state index is 15.1. The Morgan fingerprint density at radius 1 is 0.560 bits per heavy atom. The molecule has 0 radical (unpaired) electrons. The van der Waals surface area contributed by atoms with Crippen LogP contribution in [0.3, 0.4) is 0 Å². The molecule has 4 heterocycles. The summed E-state index contributed by atoms with van der Waals surface area (Å²) in [6.07, 6.45) is -21.7. The highest BCUT2D eigenvalue weighted by Crippen LogP contribution is 2.77. The van der Waals surface area contributed by atoms with Gasteiger partial charge in [-0.1, -0.05) is 41.5 Å². The lowest BCUT2D eigenvalue weighted by molar-refractivity contribution is -0.366. The van der Waals surface area contributed by atoms with Gasteiger partial charge in [-0.05, 0) is 123 Å². The normalized spacial score (nSPS) is 55.9. The minimum absolute atomic E-state index is 0.0140. The largest absolute Gasteiger partial charge is 0.432 e. The molecule has 4 saturated heterocycles. The van der Waals surface area contributed by atoms with E-state index in [9.17, 15) is 66.4 Å². The standard InChI is InChI=1S/C53H88O22/c1-23-32(57)36(61)40(65)44(70-23)74-42-33(58)26(56)20-68-46(42)73-31-11-12-49(4)29(50(31,5)22-55)10-13-52(7)30(49)9-8-24-25-18-48(2,3)14-16-53(25,17-15-51(24,52)6)47(67)75-45-41(66)38(63)35(60)28(72-45)21-69-43-39(64)37(62)34(59)27(19-54)71-43/h23-46,54-66H,8-22H2,1-7H3. The molecule has 432 valence electrons. The van der Waals surface area contributed by atoms with Gasteiger partial charge in [0.1, 0.15) is 85.5 Å². The molecule has 0 amide bonds. The van der Waals surface area contributed by atoms with E-state index in [1.165, 1.54) is 6.92 Å². The van der Waals surface area contributed by atoms with Crippen LogP contribution in [-0.4, -0.2) is 222 Å². The van der Waals surface area contributed by atoms with E-state index in [0.29, 0.717) is 25.7 Å². The molecule has 9 aliphatic rings. The predicted molar refractivity (Wildman–Crippen MR) is 257 cm³/mol. The first-order chi connectivity index (χ1) is 35.1. The second kappa shape index (κ2) is 21.2. The molecule has 22 heteroatoms. The van der Waals surface area contributed by atoms with Crippen molar-refractivity contribution in [3.63, 3.8) is 0 Å². The van der Waals surface area contributed by atoms with E-state index in [2.05, 4.69) is 34.6 Å². The molecule has 75 heavy (non-hydrogen) atoms. The van der Waals surface area contributed by atoms with Gasteiger partial charge in [-0.15, -0.1) is 0 Å². The number of hydrogen-bond acceptors (Lipinski definition) is 22. The van der Waals surface area contributed by atoms with Gasteiger partial charge in [-0.2, -0.15) is 0 Å². The Balaban J connectivity index is 0.913. The molecule has 5 saturated carbocycles. The summed E-state index contributed by atoms with van der Waals surface area (Å²) in [4.78, 5) is 15.1. The molecule has 0 aromatic rings. The van der Waals surface area contributed by atoms with Crippen molar-refractivity contribution >= 4 is 5.97 Å². The van der Waals surface area contributed by atoms with Crippen molar-refractivity contribution in [2.75, 3.05) is 26.4 Å². The van der Waals surface area contributed by atoms with Crippen molar-refractivity contribution in [3.05, 3.63) is 0 Å². The van der Waals surface area contributed by atoms with E-state index in [4.69, 9.17) is 37.9 Å². The first-order valence-corrected chi connectivity index (χ1v) is 27.5. The van der Waals surface area contributed by atoms with E-state index in [0.717, 1.165) is 44.9 Å². The number of carbonyl (C=O) groups is 1. The zero-order valence-corrected chi connectivity index (χ0v) is 44.5. The van der Waals surface area contributed by atoms with Crippen LogP contribution in [0.1, 0.15) is 119 Å². The summed E-state index contributed by atoms with van der Waals surface area (Å²) in [5.74, 6) is -0.341. The molecule has 13 N–H and O–H groups in total. The van der Waals surface area contributed by atoms with Gasteiger partial charge in [0.25, 0.3) is 0 Å². The highest BCUT2D eigenvalue weighted by atomic mass is 16.8. The third-order valence-electron chi connectivity index (χ3n) is 21.7. The average Bonchev–Trinajstić information content (AvgIpc) is 3.37. The Morgan fingerprint density at radius 2 is 1.19 bits per heavy atom. The lowest BCUT2D eigenvalue weighted by Gasteiger charge is -2.73. The molecule has 22 nitrogen and oxygen atoms in total. The van der Waals surface area contributed by atoms with Crippen LogP contribution in [0.5, 0.6) is 0 Å². The average molecular weight is 1080 g/mol. The van der Waals surface area contributed by atoms with Gasteiger partial charge in [0.15, 0.2) is 18.9 Å². The van der Waals surface area contributed by atoms with Crippen LogP contribution in [0.2, 0.25) is 0 Å². The Labute approximate surface area is 438 Å². The van der Waals surface area contributed by atoms with Crippen molar-refractivity contribution < 1.29 is 109 Å². The summed E-state index contributed by atoms with van der Waals surface area (Å²) in [7, 11) is 0. The maximum Gasteiger partial charge on any atom is 0.314 e. The fourth-order valence-electron chi connectivity index (χ4n) is 16.9. The summed E-state index contributed by atoms with van der Waals surface area (Å²) in [6.45, 7) is 13.5. The highest BCUT2D eigenvalue weighted by Gasteiger charge is 2.72. The van der Waals surface area contributed by atoms with E-state index >= 15 is 4.79 Å². The molecule has 9 rings (SSSR count). The summed E-state index contributed by atoms with van der Waals surface area (Å²) >= 11 is 0. The number of aliphatic hydroxyl groups excluding tert-OH is 13. The summed E-state index contributed by atoms with van der Waals surface area (Å²) in [5.41, 5.74) is -2.53. The van der Waals surface area contributed by atoms with Crippen molar-refractivity contribution in [2.45, 2.75) is 242 Å². The van der Waals surface area contributed by atoms with Gasteiger partial charge >= 0.3 is 5.97 Å². The zero-order chi connectivity index (χ0) is 54.7. The summed E-state index contributed by atoms with van der Waals surface area (Å²) in [6, 6.07) is 0. The fourth-order valence-corrected chi connectivity index (χ4v) is 16.9. The van der Waals surface area contributed by atoms with Crippen molar-refractivity contribution in [3.8, 4) is 0 Å². The molecule has 0 aromatic heterocycles. The first kappa shape index (κ1) is 58.3. The van der Waals surface area contributed by atoms with Crippen LogP contribution in [0.25, 0.3) is 0 Å². The Kier molecular flexibility index (Phi) is 16.5. The van der Waals surface area contributed by atoms with Gasteiger partial charge in [-0.25, -0.2) is 0 Å². The molecule has 9 fully saturated rings. The van der Waals surface area contributed by atoms with Crippen LogP contribution in [0.15, 0.2) is 0 Å². The van der Waals surface area contributed by atoms with E-state index < -0.39 is 153 Å². The van der Waals surface area contributed by atoms with Crippen molar-refractivity contribution in [1.29, 1.82) is 0 Å². The second-order valence-corrected chi connectivity index (χ2v) is 26.1. The number of aliphatic hydroxyl groups is 13. The number of hydrogen-bond donors (Lipinski definition) is 13. The van der Waals surface area contributed by atoms with Gasteiger partial charge < -0.3 is 104 Å². The van der Waals surface area contributed by atoms with Crippen LogP contribution in [-0.2, 0) is 42.7 Å². The number of fused-ring (bicyclic) bond motifs is 7. The van der Waals surface area contributed by atoms with Gasteiger partial charge in [-0.3, -0.25) is 4.79 Å². The molecule has 0 bridgehead atoms. The number of esters is 1. The predicted octanol–water partition coefficient (Wildman–Crippen LogP) is -1.32. The molecule has 29 unspecified atom stereocenters. The molecule has 29 atom stereocenters. The molecule has 0 spiro atoms. The Bertz CT molecular complexity index is 2000. The number of carbonyl (C=O) groups excluding carboxylic acids is 1. The number of rotatable bonds is 11. The maximum absolute atomic E-state index is 15.1. The van der Waals surface area contributed by atoms with Gasteiger partial charge in [0.2, 0.25) is 6.29 Å². The van der Waals surface area contributed by atoms with E-state index in [-0.39, 0.29) is 58.5 Å². The van der Waals surface area contributed by atoms with Crippen LogP contribution in [0.4, 0.5) is 0 Å².